The molecule has 2 aromatic rings. The molecule has 20 heavy (non-hydrogen) atoms. The molecule has 0 bridgehead atoms. The molecule has 2 aromatic carbocycles. The molecule has 0 aromatic heterocycles. The molecule has 0 unspecified atom stereocenters. The van der Waals surface area contributed by atoms with E-state index in [2.05, 4.69) is 16.6 Å². The zero-order valence-electron chi connectivity index (χ0n) is 10.8. The predicted molar refractivity (Wildman–Crippen MR) is 76.9 cm³/mol. The number of hydrazone groups is 1. The number of hydrogen-bond acceptors (Lipinski definition) is 3. The van der Waals surface area contributed by atoms with Crippen LogP contribution in [0.2, 0.25) is 0 Å². The quantitative estimate of drug-likeness (QED) is 0.820. The lowest BCUT2D eigenvalue weighted by Crippen LogP contribution is -2.19. The highest BCUT2D eigenvalue weighted by molar-refractivity contribution is 6.05. The summed E-state index contributed by atoms with van der Waals surface area (Å²) in [5.41, 5.74) is 5.96. The van der Waals surface area contributed by atoms with Gasteiger partial charge < -0.3 is 5.11 Å². The van der Waals surface area contributed by atoms with Gasteiger partial charge in [-0.05, 0) is 30.5 Å². The summed E-state index contributed by atoms with van der Waals surface area (Å²) in [5, 5.41) is 13.8. The fourth-order valence-corrected chi connectivity index (χ4v) is 2.37. The van der Waals surface area contributed by atoms with Crippen molar-refractivity contribution in [2.75, 3.05) is 0 Å². The van der Waals surface area contributed by atoms with Crippen molar-refractivity contribution in [2.45, 2.75) is 12.8 Å². The number of phenols is 1. The number of carbonyl (C=O) groups is 1. The van der Waals surface area contributed by atoms with Gasteiger partial charge in [0.15, 0.2) is 0 Å². The smallest absolute Gasteiger partial charge is 0.275 e. The van der Waals surface area contributed by atoms with Crippen LogP contribution in [0.1, 0.15) is 27.9 Å². The SMILES string of the molecule is O=C(N/N=C1\CCc2ccccc21)c1ccccc1O. The number of phenolic OH excluding ortho intramolecular Hbond substituents is 1. The van der Waals surface area contributed by atoms with Crippen molar-refractivity contribution < 1.29 is 9.90 Å². The third-order valence-corrected chi connectivity index (χ3v) is 3.40. The lowest BCUT2D eigenvalue weighted by atomic mass is 10.1. The van der Waals surface area contributed by atoms with Crippen LogP contribution < -0.4 is 5.43 Å². The number of nitrogens with zero attached hydrogens (tertiary/aromatic N) is 1. The first-order chi connectivity index (χ1) is 9.75. The third-order valence-electron chi connectivity index (χ3n) is 3.40. The van der Waals surface area contributed by atoms with Crippen molar-refractivity contribution >= 4 is 11.6 Å². The van der Waals surface area contributed by atoms with Gasteiger partial charge in [0.25, 0.3) is 5.91 Å². The molecule has 100 valence electrons. The Balaban J connectivity index is 1.79. The summed E-state index contributed by atoms with van der Waals surface area (Å²) in [5.74, 6) is -0.447. The Morgan fingerprint density at radius 2 is 1.80 bits per heavy atom. The molecule has 0 spiro atoms. The molecule has 0 saturated carbocycles. The monoisotopic (exact) mass is 266 g/mol. The minimum Gasteiger partial charge on any atom is -0.507 e. The lowest BCUT2D eigenvalue weighted by molar-refractivity contribution is 0.0952. The Morgan fingerprint density at radius 1 is 1.05 bits per heavy atom. The number of benzene rings is 2. The van der Waals surface area contributed by atoms with Gasteiger partial charge in [-0.15, -0.1) is 0 Å². The van der Waals surface area contributed by atoms with E-state index in [1.54, 1.807) is 18.2 Å². The number of amides is 1. The van der Waals surface area contributed by atoms with Crippen molar-refractivity contribution in [3.63, 3.8) is 0 Å². The first-order valence-corrected chi connectivity index (χ1v) is 6.49. The molecule has 1 amide bonds. The van der Waals surface area contributed by atoms with Crippen LogP contribution in [0, 0.1) is 0 Å². The van der Waals surface area contributed by atoms with Gasteiger partial charge >= 0.3 is 0 Å². The number of carbonyl (C=O) groups excluding carboxylic acids is 1. The van der Waals surface area contributed by atoms with Gasteiger partial charge in [-0.25, -0.2) is 5.43 Å². The zero-order valence-corrected chi connectivity index (χ0v) is 10.8. The Bertz CT molecular complexity index is 692. The first-order valence-electron chi connectivity index (χ1n) is 6.49. The third kappa shape index (κ3) is 2.28. The van der Waals surface area contributed by atoms with E-state index in [-0.39, 0.29) is 11.3 Å². The molecule has 0 saturated heterocycles. The van der Waals surface area contributed by atoms with Crippen LogP contribution in [0.3, 0.4) is 0 Å². The molecular formula is C16H14N2O2. The topological polar surface area (TPSA) is 61.7 Å². The predicted octanol–water partition coefficient (Wildman–Crippen LogP) is 2.47. The van der Waals surface area contributed by atoms with Crippen molar-refractivity contribution in [1.82, 2.24) is 5.43 Å². The van der Waals surface area contributed by atoms with Crippen LogP contribution in [0.15, 0.2) is 53.6 Å². The summed E-state index contributed by atoms with van der Waals surface area (Å²) >= 11 is 0. The van der Waals surface area contributed by atoms with Crippen LogP contribution in [-0.2, 0) is 6.42 Å². The summed E-state index contributed by atoms with van der Waals surface area (Å²) in [6, 6.07) is 14.5. The van der Waals surface area contributed by atoms with E-state index in [9.17, 15) is 9.90 Å². The van der Waals surface area contributed by atoms with Gasteiger partial charge in [-0.1, -0.05) is 36.4 Å². The van der Waals surface area contributed by atoms with Crippen molar-refractivity contribution in [3.8, 4) is 5.75 Å². The standard InChI is InChI=1S/C16H14N2O2/c19-15-8-4-3-7-13(15)16(20)18-17-14-10-9-11-5-1-2-6-12(11)14/h1-8,19H,9-10H2,(H,18,20)/b17-14+. The van der Waals surface area contributed by atoms with E-state index in [4.69, 9.17) is 0 Å². The number of fused-ring (bicyclic) bond motifs is 1. The van der Waals surface area contributed by atoms with E-state index in [1.165, 1.54) is 11.6 Å². The fourth-order valence-electron chi connectivity index (χ4n) is 2.37. The lowest BCUT2D eigenvalue weighted by Gasteiger charge is -2.04. The van der Waals surface area contributed by atoms with Crippen molar-refractivity contribution in [3.05, 3.63) is 65.2 Å². The average molecular weight is 266 g/mol. The molecule has 4 heteroatoms. The molecule has 3 rings (SSSR count). The van der Waals surface area contributed by atoms with Crippen LogP contribution in [0.25, 0.3) is 0 Å². The van der Waals surface area contributed by atoms with Gasteiger partial charge in [0, 0.05) is 5.56 Å². The summed E-state index contributed by atoms with van der Waals surface area (Å²) < 4.78 is 0. The zero-order chi connectivity index (χ0) is 13.9. The number of aromatic hydroxyl groups is 1. The van der Waals surface area contributed by atoms with Gasteiger partial charge in [0.1, 0.15) is 5.75 Å². The van der Waals surface area contributed by atoms with Crippen LogP contribution in [0.4, 0.5) is 0 Å². The number of rotatable bonds is 2. The second-order valence-corrected chi connectivity index (χ2v) is 4.67. The maximum Gasteiger partial charge on any atom is 0.275 e. The van der Waals surface area contributed by atoms with Crippen LogP contribution >= 0.6 is 0 Å². The Hall–Kier alpha value is -2.62. The second kappa shape index (κ2) is 5.17. The van der Waals surface area contributed by atoms with Gasteiger partial charge in [0.2, 0.25) is 0 Å². The summed E-state index contributed by atoms with van der Waals surface area (Å²) in [6.45, 7) is 0. The maximum absolute atomic E-state index is 12.0. The molecule has 0 aliphatic heterocycles. The van der Waals surface area contributed by atoms with E-state index in [1.807, 2.05) is 18.2 Å². The van der Waals surface area contributed by atoms with Gasteiger partial charge in [-0.2, -0.15) is 5.10 Å². The van der Waals surface area contributed by atoms with Crippen molar-refractivity contribution in [2.24, 2.45) is 5.10 Å². The highest BCUT2D eigenvalue weighted by atomic mass is 16.3. The number of para-hydroxylation sites is 1. The maximum atomic E-state index is 12.0. The van der Waals surface area contributed by atoms with Gasteiger partial charge in [0.05, 0.1) is 11.3 Å². The molecule has 4 nitrogen and oxygen atoms in total. The average Bonchev–Trinajstić information content (AvgIpc) is 2.88. The molecule has 2 N–H and O–H groups in total. The highest BCUT2D eigenvalue weighted by Gasteiger charge is 2.17. The summed E-state index contributed by atoms with van der Waals surface area (Å²) in [6.07, 6.45) is 1.77. The molecule has 0 heterocycles. The first kappa shape index (κ1) is 12.4. The Labute approximate surface area is 116 Å². The highest BCUT2D eigenvalue weighted by Crippen LogP contribution is 2.22. The summed E-state index contributed by atoms with van der Waals surface area (Å²) in [7, 11) is 0. The normalized spacial score (nSPS) is 15.1. The van der Waals surface area contributed by atoms with E-state index < -0.39 is 5.91 Å². The van der Waals surface area contributed by atoms with Crippen molar-refractivity contribution in [1.29, 1.82) is 0 Å². The molecule has 1 aliphatic rings. The van der Waals surface area contributed by atoms with E-state index >= 15 is 0 Å². The van der Waals surface area contributed by atoms with Gasteiger partial charge in [-0.3, -0.25) is 4.79 Å². The Kier molecular flexibility index (Phi) is 3.21. The summed E-state index contributed by atoms with van der Waals surface area (Å²) in [4.78, 5) is 12.0. The minimum atomic E-state index is -0.403. The Morgan fingerprint density at radius 3 is 2.65 bits per heavy atom. The minimum absolute atomic E-state index is 0.0444. The van der Waals surface area contributed by atoms with Crippen LogP contribution in [0.5, 0.6) is 5.75 Å². The number of hydrogen-bond donors (Lipinski definition) is 2. The largest absolute Gasteiger partial charge is 0.507 e. The van der Waals surface area contributed by atoms with Crippen LogP contribution in [-0.4, -0.2) is 16.7 Å². The number of aryl methyl sites for hydroxylation is 1. The molecule has 0 radical (unpaired) electrons. The van der Waals surface area contributed by atoms with E-state index in [0.717, 1.165) is 24.1 Å². The molecular weight excluding hydrogens is 252 g/mol. The van der Waals surface area contributed by atoms with E-state index in [0.29, 0.717) is 0 Å². The molecule has 0 fully saturated rings. The molecule has 1 aliphatic carbocycles. The fraction of sp³-hybridized carbons (Fsp3) is 0.125. The second-order valence-electron chi connectivity index (χ2n) is 4.67. The number of nitrogens with one attached hydrogen (secondary N) is 1. The molecule has 0 atom stereocenters.